The molecule has 1 atom stereocenters. The first-order valence-corrected chi connectivity index (χ1v) is 9.43. The molecular formula is C22H29NO4. The minimum atomic E-state index is -0.572. The van der Waals surface area contributed by atoms with E-state index in [2.05, 4.69) is 18.3 Å². The van der Waals surface area contributed by atoms with E-state index in [0.717, 1.165) is 25.0 Å². The van der Waals surface area contributed by atoms with Gasteiger partial charge in [-0.2, -0.15) is 0 Å². The Morgan fingerprint density at radius 2 is 1.89 bits per heavy atom. The number of para-hydroxylation sites is 1. The molecule has 146 valence electrons. The highest BCUT2D eigenvalue weighted by Crippen LogP contribution is 2.21. The molecule has 0 unspecified atom stereocenters. The Bertz CT molecular complexity index is 717. The van der Waals surface area contributed by atoms with Gasteiger partial charge in [0.15, 0.2) is 6.10 Å². The van der Waals surface area contributed by atoms with E-state index in [0.29, 0.717) is 24.7 Å². The summed E-state index contributed by atoms with van der Waals surface area (Å²) in [5.74, 6) is 2.11. The molecule has 0 aliphatic carbocycles. The molecule has 2 rings (SSSR count). The third-order valence-corrected chi connectivity index (χ3v) is 4.08. The maximum Gasteiger partial charge on any atom is 0.260 e. The number of carbonyl (C=O) groups excluding carboxylic acids is 1. The molecule has 27 heavy (non-hydrogen) atoms. The Kier molecular flexibility index (Phi) is 8.49. The summed E-state index contributed by atoms with van der Waals surface area (Å²) in [6, 6.07) is 15.3. The molecule has 1 N–H and O–H groups in total. The van der Waals surface area contributed by atoms with Gasteiger partial charge in [0.2, 0.25) is 0 Å². The van der Waals surface area contributed by atoms with Crippen LogP contribution in [0.4, 0.5) is 0 Å². The van der Waals surface area contributed by atoms with E-state index in [9.17, 15) is 4.79 Å². The van der Waals surface area contributed by atoms with E-state index in [4.69, 9.17) is 14.2 Å². The Hall–Kier alpha value is -2.69. The zero-order chi connectivity index (χ0) is 19.5. The Morgan fingerprint density at radius 3 is 2.67 bits per heavy atom. The second-order valence-corrected chi connectivity index (χ2v) is 6.29. The molecule has 2 aromatic rings. The van der Waals surface area contributed by atoms with Gasteiger partial charge in [-0.3, -0.25) is 4.79 Å². The number of carbonyl (C=O) groups is 1. The molecule has 0 radical (unpaired) electrons. The van der Waals surface area contributed by atoms with Crippen LogP contribution in [-0.4, -0.2) is 32.3 Å². The highest BCUT2D eigenvalue weighted by Gasteiger charge is 2.14. The molecule has 0 spiro atoms. The van der Waals surface area contributed by atoms with Crippen molar-refractivity contribution < 1.29 is 19.0 Å². The van der Waals surface area contributed by atoms with E-state index in [1.165, 1.54) is 5.56 Å². The molecule has 0 saturated heterocycles. The largest absolute Gasteiger partial charge is 0.497 e. The van der Waals surface area contributed by atoms with Crippen molar-refractivity contribution in [2.45, 2.75) is 39.2 Å². The summed E-state index contributed by atoms with van der Waals surface area (Å²) in [6.07, 6.45) is 2.10. The minimum Gasteiger partial charge on any atom is -0.497 e. The topological polar surface area (TPSA) is 56.8 Å². The number of ether oxygens (including phenoxy) is 3. The van der Waals surface area contributed by atoms with E-state index in [-0.39, 0.29) is 5.91 Å². The van der Waals surface area contributed by atoms with Crippen LogP contribution in [0.1, 0.15) is 32.3 Å². The summed E-state index contributed by atoms with van der Waals surface area (Å²) in [6.45, 7) is 5.13. The first kappa shape index (κ1) is 20.6. The third kappa shape index (κ3) is 6.85. The molecule has 0 heterocycles. The maximum atomic E-state index is 12.2. The Morgan fingerprint density at radius 1 is 1.11 bits per heavy atom. The molecule has 2 aromatic carbocycles. The van der Waals surface area contributed by atoms with E-state index >= 15 is 0 Å². The fourth-order valence-electron chi connectivity index (χ4n) is 2.63. The Balaban J connectivity index is 1.75. The molecule has 5 nitrogen and oxygen atoms in total. The average Bonchev–Trinajstić information content (AvgIpc) is 2.70. The summed E-state index contributed by atoms with van der Waals surface area (Å²) in [5.41, 5.74) is 1.17. The van der Waals surface area contributed by atoms with Crippen LogP contribution >= 0.6 is 0 Å². The predicted octanol–water partition coefficient (Wildman–Crippen LogP) is 4.00. The van der Waals surface area contributed by atoms with Crippen molar-refractivity contribution in [2.75, 3.05) is 20.3 Å². The van der Waals surface area contributed by atoms with Crippen molar-refractivity contribution in [2.24, 2.45) is 0 Å². The van der Waals surface area contributed by atoms with Gasteiger partial charge in [0.05, 0.1) is 13.7 Å². The number of rotatable bonds is 11. The average molecular weight is 371 g/mol. The smallest absolute Gasteiger partial charge is 0.260 e. The monoisotopic (exact) mass is 371 g/mol. The van der Waals surface area contributed by atoms with Gasteiger partial charge in [-0.1, -0.05) is 31.2 Å². The van der Waals surface area contributed by atoms with Gasteiger partial charge in [-0.25, -0.2) is 0 Å². The predicted molar refractivity (Wildman–Crippen MR) is 107 cm³/mol. The SMILES string of the molecule is CCCOc1ccccc1CCCNC(=O)[C@@H](C)Oc1cccc(OC)c1. The van der Waals surface area contributed by atoms with Crippen molar-refractivity contribution >= 4 is 5.91 Å². The van der Waals surface area contributed by atoms with Crippen molar-refractivity contribution in [1.29, 1.82) is 0 Å². The fourth-order valence-corrected chi connectivity index (χ4v) is 2.63. The standard InChI is InChI=1S/C22H29NO4/c1-4-15-26-21-13-6-5-9-18(21)10-8-14-23-22(24)17(2)27-20-12-7-11-19(16-20)25-3/h5-7,9,11-13,16-17H,4,8,10,14-15H2,1-3H3,(H,23,24)/t17-/m1/s1. The summed E-state index contributed by atoms with van der Waals surface area (Å²) in [7, 11) is 1.60. The molecule has 0 aliphatic rings. The number of nitrogens with one attached hydrogen (secondary N) is 1. The lowest BCUT2D eigenvalue weighted by Crippen LogP contribution is -2.36. The number of benzene rings is 2. The van der Waals surface area contributed by atoms with Crippen LogP contribution in [0.15, 0.2) is 48.5 Å². The highest BCUT2D eigenvalue weighted by molar-refractivity contribution is 5.80. The molecule has 0 aliphatic heterocycles. The zero-order valence-corrected chi connectivity index (χ0v) is 16.4. The number of methoxy groups -OCH3 is 1. The molecule has 5 heteroatoms. The lowest BCUT2D eigenvalue weighted by Gasteiger charge is -2.15. The number of amides is 1. The molecular weight excluding hydrogens is 342 g/mol. The van der Waals surface area contributed by atoms with Crippen molar-refractivity contribution in [3.8, 4) is 17.2 Å². The zero-order valence-electron chi connectivity index (χ0n) is 16.4. The Labute approximate surface area is 161 Å². The molecule has 0 saturated carbocycles. The fraction of sp³-hybridized carbons (Fsp3) is 0.409. The molecule has 0 fully saturated rings. The van der Waals surface area contributed by atoms with Crippen LogP contribution in [0.3, 0.4) is 0 Å². The second kappa shape index (κ2) is 11.1. The van der Waals surface area contributed by atoms with Crippen LogP contribution in [-0.2, 0) is 11.2 Å². The second-order valence-electron chi connectivity index (χ2n) is 6.29. The lowest BCUT2D eigenvalue weighted by molar-refractivity contribution is -0.127. The van der Waals surface area contributed by atoms with E-state index < -0.39 is 6.10 Å². The number of hydrogen-bond acceptors (Lipinski definition) is 4. The molecule has 0 bridgehead atoms. The van der Waals surface area contributed by atoms with Crippen molar-refractivity contribution in [3.05, 3.63) is 54.1 Å². The number of aryl methyl sites for hydroxylation is 1. The van der Waals surface area contributed by atoms with Crippen LogP contribution < -0.4 is 19.5 Å². The number of hydrogen-bond donors (Lipinski definition) is 1. The van der Waals surface area contributed by atoms with Gasteiger partial charge < -0.3 is 19.5 Å². The normalized spacial score (nSPS) is 11.5. The summed E-state index contributed by atoms with van der Waals surface area (Å²) >= 11 is 0. The van der Waals surface area contributed by atoms with Crippen LogP contribution in [0, 0.1) is 0 Å². The van der Waals surface area contributed by atoms with Crippen molar-refractivity contribution in [1.82, 2.24) is 5.32 Å². The summed E-state index contributed by atoms with van der Waals surface area (Å²) < 4.78 is 16.6. The molecule has 1 amide bonds. The van der Waals surface area contributed by atoms with Crippen molar-refractivity contribution in [3.63, 3.8) is 0 Å². The lowest BCUT2D eigenvalue weighted by atomic mass is 10.1. The highest BCUT2D eigenvalue weighted by atomic mass is 16.5. The van der Waals surface area contributed by atoms with Gasteiger partial charge in [0, 0.05) is 12.6 Å². The third-order valence-electron chi connectivity index (χ3n) is 4.08. The summed E-state index contributed by atoms with van der Waals surface area (Å²) in [5, 5.41) is 2.93. The first-order valence-electron chi connectivity index (χ1n) is 9.43. The van der Waals surface area contributed by atoms with E-state index in [1.807, 2.05) is 30.3 Å². The maximum absolute atomic E-state index is 12.2. The molecule has 0 aromatic heterocycles. The first-order chi connectivity index (χ1) is 13.1. The van der Waals surface area contributed by atoms with Crippen LogP contribution in [0.5, 0.6) is 17.2 Å². The van der Waals surface area contributed by atoms with Crippen LogP contribution in [0.25, 0.3) is 0 Å². The minimum absolute atomic E-state index is 0.131. The van der Waals surface area contributed by atoms with E-state index in [1.54, 1.807) is 26.2 Å². The van der Waals surface area contributed by atoms with Gasteiger partial charge in [-0.15, -0.1) is 0 Å². The van der Waals surface area contributed by atoms with Gasteiger partial charge in [0.1, 0.15) is 17.2 Å². The van der Waals surface area contributed by atoms with Gasteiger partial charge in [0.25, 0.3) is 5.91 Å². The van der Waals surface area contributed by atoms with Crippen LogP contribution in [0.2, 0.25) is 0 Å². The van der Waals surface area contributed by atoms with Gasteiger partial charge in [-0.05, 0) is 49.9 Å². The quantitative estimate of drug-likeness (QED) is 0.607. The van der Waals surface area contributed by atoms with Gasteiger partial charge >= 0.3 is 0 Å². The summed E-state index contributed by atoms with van der Waals surface area (Å²) in [4.78, 5) is 12.2.